The summed E-state index contributed by atoms with van der Waals surface area (Å²) in [5.74, 6) is -0.294. The number of hydrogen-bond acceptors (Lipinski definition) is 5. The van der Waals surface area contributed by atoms with E-state index in [0.29, 0.717) is 27.7 Å². The summed E-state index contributed by atoms with van der Waals surface area (Å²) in [6.45, 7) is 1.76. The number of hydrogen-bond donors (Lipinski definition) is 2. The molecule has 0 fully saturated rings. The molecule has 8 nitrogen and oxygen atoms in total. The molecule has 1 amide bonds. The maximum Gasteiger partial charge on any atom is 0.259 e. The normalized spacial score (nSPS) is 10.6. The van der Waals surface area contributed by atoms with E-state index in [1.807, 2.05) is 0 Å². The minimum absolute atomic E-state index is 0.294. The molecule has 0 radical (unpaired) electrons. The number of rotatable bonds is 3. The minimum atomic E-state index is -0.294. The van der Waals surface area contributed by atoms with Gasteiger partial charge >= 0.3 is 0 Å². The Balaban J connectivity index is 1.90. The number of H-pyrrole nitrogens is 1. The van der Waals surface area contributed by atoms with Crippen LogP contribution >= 0.6 is 11.6 Å². The Morgan fingerprint density at radius 2 is 2.29 bits per heavy atom. The van der Waals surface area contributed by atoms with Gasteiger partial charge in [-0.2, -0.15) is 5.10 Å². The Hall–Kier alpha value is -2.74. The predicted octanol–water partition coefficient (Wildman–Crippen LogP) is 1.60. The third-order valence-corrected chi connectivity index (χ3v) is 3.22. The fraction of sp³-hybridized carbons (Fsp3) is 0.0833. The number of amides is 1. The maximum absolute atomic E-state index is 12.2. The van der Waals surface area contributed by atoms with Gasteiger partial charge in [0.25, 0.3) is 5.91 Å². The van der Waals surface area contributed by atoms with Gasteiger partial charge in [0, 0.05) is 5.69 Å². The number of nitrogens with one attached hydrogen (secondary N) is 2. The summed E-state index contributed by atoms with van der Waals surface area (Å²) in [5.41, 5.74) is 2.29. The minimum Gasteiger partial charge on any atom is -0.320 e. The smallest absolute Gasteiger partial charge is 0.259 e. The molecule has 1 aromatic carbocycles. The van der Waals surface area contributed by atoms with Crippen LogP contribution in [0.4, 0.5) is 5.69 Å². The summed E-state index contributed by atoms with van der Waals surface area (Å²) in [6, 6.07) is 5.10. The van der Waals surface area contributed by atoms with Crippen molar-refractivity contribution in [2.24, 2.45) is 0 Å². The average molecular weight is 304 g/mol. The Labute approximate surface area is 124 Å². The summed E-state index contributed by atoms with van der Waals surface area (Å²) in [6.07, 6.45) is 2.92. The number of carbonyl (C=O) groups excluding carboxylic acids is 1. The van der Waals surface area contributed by atoms with Crippen molar-refractivity contribution < 1.29 is 4.79 Å². The first-order valence-corrected chi connectivity index (χ1v) is 6.37. The van der Waals surface area contributed by atoms with E-state index in [2.05, 4.69) is 31.0 Å². The third-order valence-electron chi connectivity index (χ3n) is 2.89. The van der Waals surface area contributed by atoms with Gasteiger partial charge in [0.05, 0.1) is 28.2 Å². The Morgan fingerprint density at radius 3 is 2.95 bits per heavy atom. The van der Waals surface area contributed by atoms with Gasteiger partial charge in [-0.25, -0.2) is 4.68 Å². The highest BCUT2D eigenvalue weighted by molar-refractivity contribution is 6.34. The first-order chi connectivity index (χ1) is 10.1. The second kappa shape index (κ2) is 5.33. The summed E-state index contributed by atoms with van der Waals surface area (Å²) in [4.78, 5) is 12.2. The van der Waals surface area contributed by atoms with Crippen molar-refractivity contribution in [2.75, 3.05) is 5.32 Å². The largest absolute Gasteiger partial charge is 0.320 e. The van der Waals surface area contributed by atoms with Crippen LogP contribution in [0.2, 0.25) is 5.02 Å². The molecule has 0 unspecified atom stereocenters. The molecule has 0 spiro atoms. The van der Waals surface area contributed by atoms with Gasteiger partial charge in [0.2, 0.25) is 0 Å². The topological polar surface area (TPSA) is 101 Å². The van der Waals surface area contributed by atoms with Crippen LogP contribution in [-0.4, -0.2) is 36.3 Å². The second-order valence-corrected chi connectivity index (χ2v) is 4.69. The monoisotopic (exact) mass is 303 g/mol. The van der Waals surface area contributed by atoms with E-state index in [1.165, 1.54) is 17.2 Å². The number of aromatic amines is 1. The van der Waals surface area contributed by atoms with Gasteiger partial charge in [-0.1, -0.05) is 11.6 Å². The van der Waals surface area contributed by atoms with Gasteiger partial charge in [-0.15, -0.1) is 5.10 Å². The van der Waals surface area contributed by atoms with Crippen LogP contribution in [0.15, 0.2) is 30.7 Å². The SMILES string of the molecule is Cc1[nH]ncc1C(=O)Nc1cc(-n2cnnn2)ccc1Cl. The van der Waals surface area contributed by atoms with Crippen molar-refractivity contribution in [3.8, 4) is 5.69 Å². The molecule has 3 aromatic rings. The number of benzene rings is 1. The molecule has 2 aromatic heterocycles. The van der Waals surface area contributed by atoms with Crippen molar-refractivity contribution >= 4 is 23.2 Å². The van der Waals surface area contributed by atoms with Crippen LogP contribution in [0.3, 0.4) is 0 Å². The predicted molar refractivity (Wildman–Crippen MR) is 75.4 cm³/mol. The Morgan fingerprint density at radius 1 is 1.43 bits per heavy atom. The molecular weight excluding hydrogens is 294 g/mol. The van der Waals surface area contributed by atoms with Crippen LogP contribution in [0.1, 0.15) is 16.1 Å². The summed E-state index contributed by atoms with van der Waals surface area (Å²) >= 11 is 6.10. The quantitative estimate of drug-likeness (QED) is 0.765. The van der Waals surface area contributed by atoms with Crippen LogP contribution in [0.25, 0.3) is 5.69 Å². The van der Waals surface area contributed by atoms with E-state index in [9.17, 15) is 4.79 Å². The molecule has 21 heavy (non-hydrogen) atoms. The van der Waals surface area contributed by atoms with Gasteiger partial charge in [-0.3, -0.25) is 9.89 Å². The zero-order valence-corrected chi connectivity index (χ0v) is 11.7. The van der Waals surface area contributed by atoms with Gasteiger partial charge < -0.3 is 5.32 Å². The van der Waals surface area contributed by atoms with Crippen molar-refractivity contribution in [1.29, 1.82) is 0 Å². The highest BCUT2D eigenvalue weighted by Crippen LogP contribution is 2.25. The standard InChI is InChI=1S/C12H10ClN7O/c1-7-9(5-14-17-7)12(21)16-11-4-8(2-3-10(11)13)20-6-15-18-19-20/h2-6H,1H3,(H,14,17)(H,16,21). The number of aromatic nitrogens is 6. The zero-order valence-electron chi connectivity index (χ0n) is 10.9. The number of anilines is 1. The van der Waals surface area contributed by atoms with Crippen molar-refractivity contribution in [1.82, 2.24) is 30.4 Å². The number of carbonyl (C=O) groups is 1. The zero-order chi connectivity index (χ0) is 14.8. The lowest BCUT2D eigenvalue weighted by Crippen LogP contribution is -2.13. The highest BCUT2D eigenvalue weighted by Gasteiger charge is 2.13. The van der Waals surface area contributed by atoms with Crippen molar-refractivity contribution in [3.05, 3.63) is 47.0 Å². The highest BCUT2D eigenvalue weighted by atomic mass is 35.5. The van der Waals surface area contributed by atoms with Gasteiger partial charge in [-0.05, 0) is 35.5 Å². The molecule has 9 heteroatoms. The second-order valence-electron chi connectivity index (χ2n) is 4.28. The molecule has 0 saturated carbocycles. The fourth-order valence-corrected chi connectivity index (χ4v) is 1.97. The van der Waals surface area contributed by atoms with Gasteiger partial charge in [0.1, 0.15) is 6.33 Å². The number of aryl methyl sites for hydroxylation is 1. The van der Waals surface area contributed by atoms with E-state index in [4.69, 9.17) is 11.6 Å². The van der Waals surface area contributed by atoms with Crippen molar-refractivity contribution in [3.63, 3.8) is 0 Å². The van der Waals surface area contributed by atoms with E-state index in [1.54, 1.807) is 25.1 Å². The molecule has 2 heterocycles. The van der Waals surface area contributed by atoms with Crippen molar-refractivity contribution in [2.45, 2.75) is 6.92 Å². The first-order valence-electron chi connectivity index (χ1n) is 5.99. The lowest BCUT2D eigenvalue weighted by molar-refractivity contribution is 0.102. The molecule has 0 bridgehead atoms. The summed E-state index contributed by atoms with van der Waals surface area (Å²) < 4.78 is 1.47. The molecular formula is C12H10ClN7O. The molecule has 3 rings (SSSR count). The van der Waals surface area contributed by atoms with E-state index < -0.39 is 0 Å². The number of nitrogens with zero attached hydrogens (tertiary/aromatic N) is 5. The fourth-order valence-electron chi connectivity index (χ4n) is 1.80. The van der Waals surface area contributed by atoms with E-state index >= 15 is 0 Å². The Bertz CT molecular complexity index is 781. The lowest BCUT2D eigenvalue weighted by Gasteiger charge is -2.08. The maximum atomic E-state index is 12.2. The summed E-state index contributed by atoms with van der Waals surface area (Å²) in [5, 5.41) is 20.6. The third kappa shape index (κ3) is 2.61. The Kier molecular flexibility index (Phi) is 3.36. The number of halogens is 1. The average Bonchev–Trinajstić information content (AvgIpc) is 3.12. The molecule has 0 aliphatic heterocycles. The van der Waals surface area contributed by atoms with Crippen LogP contribution in [-0.2, 0) is 0 Å². The molecule has 0 aliphatic carbocycles. The van der Waals surface area contributed by atoms with E-state index in [-0.39, 0.29) is 5.91 Å². The molecule has 0 saturated heterocycles. The van der Waals surface area contributed by atoms with Crippen LogP contribution < -0.4 is 5.32 Å². The summed E-state index contributed by atoms with van der Waals surface area (Å²) in [7, 11) is 0. The van der Waals surface area contributed by atoms with Crippen LogP contribution in [0.5, 0.6) is 0 Å². The van der Waals surface area contributed by atoms with Gasteiger partial charge in [0.15, 0.2) is 0 Å². The first kappa shape index (κ1) is 13.3. The molecule has 0 aliphatic rings. The molecule has 2 N–H and O–H groups in total. The van der Waals surface area contributed by atoms with Crippen LogP contribution in [0, 0.1) is 6.92 Å². The molecule has 0 atom stereocenters. The lowest BCUT2D eigenvalue weighted by atomic mass is 10.2. The van der Waals surface area contributed by atoms with E-state index in [0.717, 1.165) is 0 Å². The number of tetrazole rings is 1. The molecule has 106 valence electrons.